The standard InChI is InChI=1S/C10H20OS2.2C8H17.Sn/c1-3-5-6-9(4-2)8-13-10(12)7-11;2*1-3-5-7-8-6-4-2;/h9,11H,3-8H2,1-2H3;2*1,3-8H2,2H3;. The van der Waals surface area contributed by atoms with E-state index in [2.05, 4.69) is 27.7 Å². The molecule has 0 aromatic carbocycles. The zero-order chi connectivity index (χ0) is 22.7. The molecule has 0 aliphatic carbocycles. The van der Waals surface area contributed by atoms with Crippen molar-refractivity contribution in [3.63, 3.8) is 0 Å². The third-order valence-electron chi connectivity index (χ3n) is 5.57. The fourth-order valence-corrected chi connectivity index (χ4v) is 8.03. The van der Waals surface area contributed by atoms with Gasteiger partial charge in [-0.3, -0.25) is 0 Å². The second kappa shape index (κ2) is 30.2. The van der Waals surface area contributed by atoms with Crippen molar-refractivity contribution in [2.75, 3.05) is 12.4 Å². The van der Waals surface area contributed by atoms with Crippen molar-refractivity contribution < 1.29 is 5.11 Å². The Morgan fingerprint density at radius 1 is 0.733 bits per heavy atom. The summed E-state index contributed by atoms with van der Waals surface area (Å²) in [6.45, 7) is 9.09. The first-order valence-electron chi connectivity index (χ1n) is 13.1. The molecule has 0 aliphatic heterocycles. The van der Waals surface area contributed by atoms with Crippen molar-refractivity contribution in [2.24, 2.45) is 5.92 Å². The van der Waals surface area contributed by atoms with Crippen molar-refractivity contribution in [3.05, 3.63) is 0 Å². The minimum absolute atomic E-state index is 0.0458. The van der Waals surface area contributed by atoms with Crippen molar-refractivity contribution in [1.29, 1.82) is 0 Å². The molecule has 0 saturated carbocycles. The Bertz CT molecular complexity index is 312. The minimum atomic E-state index is 0.0458. The average molecular weight is 566 g/mol. The Hall–Kier alpha value is 1.20. The quantitative estimate of drug-likeness (QED) is 0.0851. The number of hydrogen-bond donors (Lipinski definition) is 1. The van der Waals surface area contributed by atoms with E-state index in [0.717, 1.165) is 15.9 Å². The van der Waals surface area contributed by atoms with Crippen LogP contribution in [0.15, 0.2) is 0 Å². The number of aliphatic hydroxyl groups is 1. The number of thiocarbonyl (C=S) groups is 1. The average Bonchev–Trinajstić information content (AvgIpc) is 2.77. The predicted octanol–water partition coefficient (Wildman–Crippen LogP) is 9.50. The van der Waals surface area contributed by atoms with Gasteiger partial charge in [-0.2, -0.15) is 0 Å². The van der Waals surface area contributed by atoms with E-state index in [4.69, 9.17) is 17.3 Å². The van der Waals surface area contributed by atoms with Gasteiger partial charge in [-0.05, 0) is 12.3 Å². The summed E-state index contributed by atoms with van der Waals surface area (Å²) in [5.74, 6) is 1.85. The third-order valence-corrected chi connectivity index (χ3v) is 11.2. The second-order valence-corrected chi connectivity index (χ2v) is 14.7. The van der Waals surface area contributed by atoms with Gasteiger partial charge >= 0.3 is 121 Å². The first-order valence-corrected chi connectivity index (χ1v) is 18.6. The first-order chi connectivity index (χ1) is 14.7. The summed E-state index contributed by atoms with van der Waals surface area (Å²) in [5, 5.41) is 8.73. The normalized spacial score (nSPS) is 11.8. The van der Waals surface area contributed by atoms with E-state index < -0.39 is 0 Å². The number of rotatable bonds is 21. The molecular formula is C26H54OS2Sn. The van der Waals surface area contributed by atoms with Crippen LogP contribution in [0.25, 0.3) is 0 Å². The van der Waals surface area contributed by atoms with E-state index in [1.165, 1.54) is 89.9 Å². The molecule has 30 heavy (non-hydrogen) atoms. The summed E-state index contributed by atoms with van der Waals surface area (Å²) in [7, 11) is 0. The van der Waals surface area contributed by atoms with Gasteiger partial charge in [0, 0.05) is 5.75 Å². The van der Waals surface area contributed by atoms with E-state index in [1.807, 2.05) is 0 Å². The number of thioether (sulfide) groups is 1. The van der Waals surface area contributed by atoms with Crippen LogP contribution in [-0.2, 0) is 0 Å². The van der Waals surface area contributed by atoms with Gasteiger partial charge in [0.1, 0.15) is 0 Å². The summed E-state index contributed by atoms with van der Waals surface area (Å²) in [6.07, 6.45) is 22.9. The zero-order valence-corrected chi connectivity index (χ0v) is 25.5. The molecule has 1 N–H and O–H groups in total. The maximum atomic E-state index is 8.73. The number of unbranched alkanes of at least 4 members (excludes halogenated alkanes) is 11. The van der Waals surface area contributed by atoms with Crippen LogP contribution in [-0.4, -0.2) is 42.8 Å². The topological polar surface area (TPSA) is 20.2 Å². The van der Waals surface area contributed by atoms with E-state index in [9.17, 15) is 0 Å². The van der Waals surface area contributed by atoms with Gasteiger partial charge in [0.15, 0.2) is 0 Å². The van der Waals surface area contributed by atoms with Crippen molar-refractivity contribution in [3.8, 4) is 0 Å². The molecule has 0 aromatic rings. The molecule has 1 atom stereocenters. The Morgan fingerprint density at radius 3 is 1.63 bits per heavy atom. The summed E-state index contributed by atoms with van der Waals surface area (Å²) < 4.78 is 4.05. The van der Waals surface area contributed by atoms with Gasteiger partial charge in [-0.15, -0.1) is 11.8 Å². The van der Waals surface area contributed by atoms with Gasteiger partial charge in [-0.25, -0.2) is 0 Å². The maximum absolute atomic E-state index is 8.73. The summed E-state index contributed by atoms with van der Waals surface area (Å²) >= 11 is 6.66. The number of aliphatic hydroxyl groups excluding tert-OH is 1. The first kappa shape index (κ1) is 33.4. The third kappa shape index (κ3) is 29.2. The van der Waals surface area contributed by atoms with Gasteiger partial charge in [0.25, 0.3) is 0 Å². The van der Waals surface area contributed by atoms with E-state index >= 15 is 0 Å². The monoisotopic (exact) mass is 566 g/mol. The SMILES string of the molecule is CCCCC(CC)CSC(=S)CO.CCCCCCC[CH2][Sn][CH2]CCCCCCC. The Kier molecular flexibility index (Phi) is 33.6. The fraction of sp³-hybridized carbons (Fsp3) is 0.962. The molecule has 0 fully saturated rings. The van der Waals surface area contributed by atoms with E-state index in [1.54, 1.807) is 33.5 Å². The Balaban J connectivity index is 0. The van der Waals surface area contributed by atoms with Crippen LogP contribution in [0.4, 0.5) is 0 Å². The number of hydrogen-bond acceptors (Lipinski definition) is 3. The molecule has 1 nitrogen and oxygen atoms in total. The molecule has 0 amide bonds. The van der Waals surface area contributed by atoms with Crippen LogP contribution in [0.3, 0.4) is 0 Å². The van der Waals surface area contributed by atoms with Gasteiger partial charge in [0.2, 0.25) is 0 Å². The molecule has 0 aromatic heterocycles. The van der Waals surface area contributed by atoms with Crippen molar-refractivity contribution in [1.82, 2.24) is 0 Å². The molecule has 0 spiro atoms. The molecule has 0 rings (SSSR count). The summed E-state index contributed by atoms with van der Waals surface area (Å²) in [5.41, 5.74) is 0. The molecule has 0 aliphatic rings. The van der Waals surface area contributed by atoms with Gasteiger partial charge < -0.3 is 5.11 Å². The zero-order valence-electron chi connectivity index (χ0n) is 21.0. The van der Waals surface area contributed by atoms with Gasteiger partial charge in [-0.1, -0.05) is 45.3 Å². The van der Waals surface area contributed by atoms with Crippen LogP contribution < -0.4 is 0 Å². The van der Waals surface area contributed by atoms with Gasteiger partial charge in [0.05, 0.1) is 10.8 Å². The Morgan fingerprint density at radius 2 is 1.20 bits per heavy atom. The van der Waals surface area contributed by atoms with Crippen LogP contribution in [0.1, 0.15) is 130 Å². The predicted molar refractivity (Wildman–Crippen MR) is 148 cm³/mol. The van der Waals surface area contributed by atoms with Crippen molar-refractivity contribution in [2.45, 2.75) is 139 Å². The van der Waals surface area contributed by atoms with E-state index in [0.29, 0.717) is 0 Å². The molecule has 4 heteroatoms. The summed E-state index contributed by atoms with van der Waals surface area (Å²) in [6, 6.07) is 0. The molecule has 2 radical (unpaired) electrons. The second-order valence-electron chi connectivity index (χ2n) is 8.54. The molecule has 180 valence electrons. The van der Waals surface area contributed by atoms with Crippen LogP contribution >= 0.6 is 24.0 Å². The molecule has 0 bridgehead atoms. The van der Waals surface area contributed by atoms with Crippen LogP contribution in [0, 0.1) is 5.92 Å². The summed E-state index contributed by atoms with van der Waals surface area (Å²) in [4.78, 5) is 0. The van der Waals surface area contributed by atoms with Crippen LogP contribution in [0.2, 0.25) is 8.87 Å². The molecular weight excluding hydrogens is 511 g/mol. The Labute approximate surface area is 210 Å². The van der Waals surface area contributed by atoms with Crippen molar-refractivity contribution >= 4 is 49.3 Å². The van der Waals surface area contributed by atoms with Crippen LogP contribution in [0.5, 0.6) is 0 Å². The fourth-order valence-electron chi connectivity index (χ4n) is 3.34. The molecule has 0 saturated heterocycles. The molecule has 0 heterocycles. The van der Waals surface area contributed by atoms with E-state index in [-0.39, 0.29) is 27.7 Å². The molecule has 1 unspecified atom stereocenters.